The minimum absolute atomic E-state index is 0.156. The molecule has 2 rings (SSSR count). The van der Waals surface area contributed by atoms with Crippen LogP contribution in [0.15, 0.2) is 36.4 Å². The van der Waals surface area contributed by atoms with Gasteiger partial charge in [-0.2, -0.15) is 0 Å². The van der Waals surface area contributed by atoms with Crippen LogP contribution in [0.5, 0.6) is 11.5 Å². The Morgan fingerprint density at radius 3 is 2.59 bits per heavy atom. The number of hydrogen-bond donors (Lipinski definition) is 2. The summed E-state index contributed by atoms with van der Waals surface area (Å²) in [6.45, 7) is 0.0247. The number of aliphatic hydroxyl groups excluding tert-OH is 1. The first-order valence-electron chi connectivity index (χ1n) is 6.66. The Hall–Kier alpha value is -1.82. The van der Waals surface area contributed by atoms with Crippen molar-refractivity contribution in [3.63, 3.8) is 0 Å². The number of methoxy groups -OCH3 is 1. The molecule has 6 heteroatoms. The maximum atomic E-state index is 13.0. The highest BCUT2D eigenvalue weighted by Gasteiger charge is 2.11. The summed E-state index contributed by atoms with van der Waals surface area (Å²) >= 11 is 5.92. The van der Waals surface area contributed by atoms with Crippen molar-refractivity contribution in [1.82, 2.24) is 0 Å². The molecule has 118 valence electrons. The molecule has 2 aromatic carbocycles. The predicted octanol–water partition coefficient (Wildman–Crippen LogP) is 3.06. The van der Waals surface area contributed by atoms with Crippen molar-refractivity contribution in [3.8, 4) is 11.5 Å². The Balaban J connectivity index is 2.20. The first-order chi connectivity index (χ1) is 10.5. The van der Waals surface area contributed by atoms with Crippen LogP contribution in [-0.2, 0) is 6.61 Å². The van der Waals surface area contributed by atoms with Crippen LogP contribution in [0.3, 0.4) is 0 Å². The van der Waals surface area contributed by atoms with E-state index in [-0.39, 0.29) is 18.2 Å². The third-order valence-corrected chi connectivity index (χ3v) is 3.50. The van der Waals surface area contributed by atoms with E-state index in [1.165, 1.54) is 18.2 Å². The Bertz CT molecular complexity index is 651. The molecular weight excluding hydrogens is 309 g/mol. The molecule has 0 saturated heterocycles. The number of hydrogen-bond acceptors (Lipinski definition) is 4. The zero-order chi connectivity index (χ0) is 16.1. The molecule has 22 heavy (non-hydrogen) atoms. The Kier molecular flexibility index (Phi) is 5.60. The van der Waals surface area contributed by atoms with Crippen molar-refractivity contribution in [1.29, 1.82) is 0 Å². The number of aliphatic hydroxyl groups is 1. The van der Waals surface area contributed by atoms with E-state index in [4.69, 9.17) is 31.9 Å². The average Bonchev–Trinajstić information content (AvgIpc) is 2.53. The summed E-state index contributed by atoms with van der Waals surface area (Å²) in [7, 11) is 1.55. The van der Waals surface area contributed by atoms with Crippen LogP contribution in [0.4, 0.5) is 4.39 Å². The zero-order valence-corrected chi connectivity index (χ0v) is 12.8. The maximum absolute atomic E-state index is 13.0. The number of rotatable bonds is 6. The molecule has 0 aliphatic carbocycles. The second-order valence-electron chi connectivity index (χ2n) is 4.72. The standard InChI is InChI=1S/C16H17ClFNO3/c1-21-15-4-2-10(14(19)8-20)6-11(15)9-22-16-5-3-12(18)7-13(16)17/h2-7,14,20H,8-9,19H2,1H3/t14-/m1/s1. The zero-order valence-electron chi connectivity index (χ0n) is 12.1. The van der Waals surface area contributed by atoms with Gasteiger partial charge in [-0.05, 0) is 35.9 Å². The smallest absolute Gasteiger partial charge is 0.138 e. The largest absolute Gasteiger partial charge is 0.496 e. The quantitative estimate of drug-likeness (QED) is 0.856. The van der Waals surface area contributed by atoms with E-state index in [2.05, 4.69) is 0 Å². The van der Waals surface area contributed by atoms with Gasteiger partial charge in [0.15, 0.2) is 0 Å². The van der Waals surface area contributed by atoms with Crippen molar-refractivity contribution < 1.29 is 19.0 Å². The van der Waals surface area contributed by atoms with E-state index >= 15 is 0 Å². The van der Waals surface area contributed by atoms with E-state index < -0.39 is 11.9 Å². The average molecular weight is 326 g/mol. The Morgan fingerprint density at radius 2 is 1.95 bits per heavy atom. The molecule has 0 spiro atoms. The summed E-state index contributed by atoms with van der Waals surface area (Å²) < 4.78 is 23.9. The van der Waals surface area contributed by atoms with Crippen LogP contribution in [0.2, 0.25) is 5.02 Å². The summed E-state index contributed by atoms with van der Waals surface area (Å²) in [5, 5.41) is 9.33. The number of benzene rings is 2. The van der Waals surface area contributed by atoms with Crippen LogP contribution in [0.1, 0.15) is 17.2 Å². The van der Waals surface area contributed by atoms with Crippen molar-refractivity contribution in [2.75, 3.05) is 13.7 Å². The van der Waals surface area contributed by atoms with Crippen LogP contribution >= 0.6 is 11.6 Å². The normalized spacial score (nSPS) is 12.0. The summed E-state index contributed by atoms with van der Waals surface area (Å²) in [5.74, 6) is 0.583. The van der Waals surface area contributed by atoms with Gasteiger partial charge >= 0.3 is 0 Å². The molecule has 0 saturated carbocycles. The van der Waals surface area contributed by atoms with Gasteiger partial charge in [0.05, 0.1) is 24.8 Å². The van der Waals surface area contributed by atoms with E-state index in [1.54, 1.807) is 25.3 Å². The number of nitrogens with two attached hydrogens (primary N) is 1. The minimum atomic E-state index is -0.473. The van der Waals surface area contributed by atoms with E-state index in [0.717, 1.165) is 11.1 Å². The molecule has 0 radical (unpaired) electrons. The molecule has 0 fully saturated rings. The van der Waals surface area contributed by atoms with E-state index in [1.807, 2.05) is 0 Å². The van der Waals surface area contributed by atoms with Gasteiger partial charge < -0.3 is 20.3 Å². The van der Waals surface area contributed by atoms with Crippen molar-refractivity contribution in [2.24, 2.45) is 5.73 Å². The fourth-order valence-electron chi connectivity index (χ4n) is 2.00. The predicted molar refractivity (Wildman–Crippen MR) is 82.8 cm³/mol. The van der Waals surface area contributed by atoms with Crippen LogP contribution in [0, 0.1) is 5.82 Å². The first kappa shape index (κ1) is 16.5. The molecule has 4 nitrogen and oxygen atoms in total. The van der Waals surface area contributed by atoms with Crippen LogP contribution in [0.25, 0.3) is 0 Å². The van der Waals surface area contributed by atoms with E-state index in [0.29, 0.717) is 11.5 Å². The minimum Gasteiger partial charge on any atom is -0.496 e. The van der Waals surface area contributed by atoms with Gasteiger partial charge in [0.25, 0.3) is 0 Å². The third kappa shape index (κ3) is 3.88. The lowest BCUT2D eigenvalue weighted by atomic mass is 10.0. The molecule has 0 aliphatic rings. The molecular formula is C16H17ClFNO3. The first-order valence-corrected chi connectivity index (χ1v) is 7.04. The van der Waals surface area contributed by atoms with Crippen molar-refractivity contribution in [3.05, 3.63) is 58.4 Å². The summed E-state index contributed by atoms with van der Waals surface area (Å²) in [4.78, 5) is 0. The van der Waals surface area contributed by atoms with Crippen LogP contribution < -0.4 is 15.2 Å². The highest BCUT2D eigenvalue weighted by atomic mass is 35.5. The lowest BCUT2D eigenvalue weighted by Crippen LogP contribution is -2.15. The fraction of sp³-hybridized carbons (Fsp3) is 0.250. The van der Waals surface area contributed by atoms with Gasteiger partial charge in [0.2, 0.25) is 0 Å². The van der Waals surface area contributed by atoms with Gasteiger partial charge in [-0.3, -0.25) is 0 Å². The molecule has 0 aromatic heterocycles. The van der Waals surface area contributed by atoms with E-state index in [9.17, 15) is 4.39 Å². The molecule has 0 unspecified atom stereocenters. The molecule has 0 amide bonds. The second-order valence-corrected chi connectivity index (χ2v) is 5.13. The molecule has 0 aliphatic heterocycles. The van der Waals surface area contributed by atoms with Gasteiger partial charge in [-0.25, -0.2) is 4.39 Å². The van der Waals surface area contributed by atoms with Gasteiger partial charge in [-0.1, -0.05) is 17.7 Å². The number of ether oxygens (including phenoxy) is 2. The van der Waals surface area contributed by atoms with Crippen LogP contribution in [-0.4, -0.2) is 18.8 Å². The molecule has 3 N–H and O–H groups in total. The Morgan fingerprint density at radius 1 is 1.23 bits per heavy atom. The maximum Gasteiger partial charge on any atom is 0.138 e. The van der Waals surface area contributed by atoms with Crippen molar-refractivity contribution >= 4 is 11.6 Å². The highest BCUT2D eigenvalue weighted by Crippen LogP contribution is 2.28. The molecule has 0 bridgehead atoms. The fourth-order valence-corrected chi connectivity index (χ4v) is 2.22. The summed E-state index contributed by atoms with van der Waals surface area (Å²) in [6, 6.07) is 8.80. The third-order valence-electron chi connectivity index (χ3n) is 3.21. The topological polar surface area (TPSA) is 64.7 Å². The van der Waals surface area contributed by atoms with Gasteiger partial charge in [-0.15, -0.1) is 0 Å². The Labute approximate surface area is 133 Å². The lowest BCUT2D eigenvalue weighted by Gasteiger charge is -2.15. The summed E-state index contributed by atoms with van der Waals surface area (Å²) in [6.07, 6.45) is 0. The monoisotopic (exact) mass is 325 g/mol. The highest BCUT2D eigenvalue weighted by molar-refractivity contribution is 6.32. The molecule has 2 aromatic rings. The van der Waals surface area contributed by atoms with Gasteiger partial charge in [0, 0.05) is 5.56 Å². The lowest BCUT2D eigenvalue weighted by molar-refractivity contribution is 0.267. The van der Waals surface area contributed by atoms with Crippen molar-refractivity contribution in [2.45, 2.75) is 12.6 Å². The van der Waals surface area contributed by atoms with Gasteiger partial charge in [0.1, 0.15) is 23.9 Å². The molecule has 0 heterocycles. The SMILES string of the molecule is COc1ccc([C@H](N)CO)cc1COc1ccc(F)cc1Cl. The number of halogens is 2. The summed E-state index contributed by atoms with van der Waals surface area (Å²) in [5.41, 5.74) is 7.33. The second kappa shape index (κ2) is 7.45. The molecule has 1 atom stereocenters.